The zero-order valence-corrected chi connectivity index (χ0v) is 13.5. The van der Waals surface area contributed by atoms with Crippen LogP contribution < -0.4 is 15.4 Å². The fourth-order valence-electron chi connectivity index (χ4n) is 2.69. The maximum Gasteiger partial charge on any atom is 0.387 e. The summed E-state index contributed by atoms with van der Waals surface area (Å²) in [4.78, 5) is 12.2. The monoisotopic (exact) mass is 351 g/mol. The zero-order chi connectivity index (χ0) is 17.6. The normalized spacial score (nSPS) is 15.3. The Hall–Kier alpha value is -2.55. The number of nitrogens with zero attached hydrogens (tertiary/aromatic N) is 3. The molecule has 7 nitrogen and oxygen atoms in total. The predicted octanol–water partition coefficient (Wildman–Crippen LogP) is 1.73. The Kier molecular flexibility index (Phi) is 5.54. The van der Waals surface area contributed by atoms with E-state index >= 15 is 0 Å². The number of amides is 1. The summed E-state index contributed by atoms with van der Waals surface area (Å²) in [5, 5.41) is 14.0. The Bertz CT molecular complexity index is 699. The number of rotatable bonds is 6. The van der Waals surface area contributed by atoms with Crippen LogP contribution in [0.25, 0.3) is 0 Å². The van der Waals surface area contributed by atoms with Crippen molar-refractivity contribution in [3.8, 4) is 5.75 Å². The van der Waals surface area contributed by atoms with Crippen LogP contribution in [0.4, 0.5) is 8.78 Å². The van der Waals surface area contributed by atoms with Crippen LogP contribution in [0, 0.1) is 0 Å². The third-order valence-electron chi connectivity index (χ3n) is 4.03. The summed E-state index contributed by atoms with van der Waals surface area (Å²) < 4.78 is 30.2. The van der Waals surface area contributed by atoms with E-state index in [0.29, 0.717) is 0 Å². The molecule has 1 aromatic carbocycles. The minimum absolute atomic E-state index is 0.0787. The molecule has 0 atom stereocenters. The van der Waals surface area contributed by atoms with E-state index in [9.17, 15) is 13.6 Å². The van der Waals surface area contributed by atoms with Crippen molar-refractivity contribution in [3.05, 3.63) is 41.7 Å². The molecule has 1 amide bonds. The highest BCUT2D eigenvalue weighted by atomic mass is 19.3. The Labute approximate surface area is 143 Å². The largest absolute Gasteiger partial charge is 0.435 e. The topological polar surface area (TPSA) is 81.1 Å². The minimum atomic E-state index is -2.85. The van der Waals surface area contributed by atoms with Crippen molar-refractivity contribution in [2.45, 2.75) is 32.0 Å². The van der Waals surface area contributed by atoms with Gasteiger partial charge in [-0.15, -0.1) is 5.10 Å². The lowest BCUT2D eigenvalue weighted by atomic mass is 10.1. The van der Waals surface area contributed by atoms with Crippen molar-refractivity contribution in [2.75, 3.05) is 13.1 Å². The van der Waals surface area contributed by atoms with Gasteiger partial charge in [-0.1, -0.05) is 17.3 Å². The first-order valence-corrected chi connectivity index (χ1v) is 8.06. The molecule has 1 aromatic heterocycles. The molecule has 134 valence electrons. The molecule has 2 aromatic rings. The van der Waals surface area contributed by atoms with Crippen LogP contribution in [-0.2, 0) is 6.54 Å². The van der Waals surface area contributed by atoms with E-state index in [-0.39, 0.29) is 29.9 Å². The Morgan fingerprint density at radius 1 is 1.32 bits per heavy atom. The van der Waals surface area contributed by atoms with Crippen molar-refractivity contribution in [2.24, 2.45) is 0 Å². The van der Waals surface area contributed by atoms with Crippen LogP contribution in [0.1, 0.15) is 34.9 Å². The summed E-state index contributed by atoms with van der Waals surface area (Å²) >= 11 is 0. The van der Waals surface area contributed by atoms with Gasteiger partial charge in [0.05, 0.1) is 12.2 Å². The van der Waals surface area contributed by atoms with E-state index in [0.717, 1.165) is 31.5 Å². The molecule has 9 heteroatoms. The van der Waals surface area contributed by atoms with E-state index < -0.39 is 6.61 Å². The van der Waals surface area contributed by atoms with E-state index in [1.165, 1.54) is 12.1 Å². The van der Waals surface area contributed by atoms with Gasteiger partial charge in [0, 0.05) is 6.54 Å². The van der Waals surface area contributed by atoms with Crippen molar-refractivity contribution in [3.63, 3.8) is 0 Å². The van der Waals surface area contributed by atoms with Crippen molar-refractivity contribution in [1.82, 2.24) is 25.6 Å². The number of hydrogen-bond donors (Lipinski definition) is 2. The van der Waals surface area contributed by atoms with Gasteiger partial charge in [-0.2, -0.15) is 8.78 Å². The van der Waals surface area contributed by atoms with Gasteiger partial charge in [0.1, 0.15) is 5.75 Å². The number of piperidine rings is 1. The first-order chi connectivity index (χ1) is 12.1. The van der Waals surface area contributed by atoms with Gasteiger partial charge in [-0.25, -0.2) is 4.68 Å². The number of ether oxygens (including phenoxy) is 1. The van der Waals surface area contributed by atoms with Gasteiger partial charge in [0.25, 0.3) is 5.91 Å². The minimum Gasteiger partial charge on any atom is -0.435 e. The van der Waals surface area contributed by atoms with Gasteiger partial charge < -0.3 is 15.4 Å². The highest BCUT2D eigenvalue weighted by Gasteiger charge is 2.18. The summed E-state index contributed by atoms with van der Waals surface area (Å²) in [6, 6.07) is 6.35. The average Bonchev–Trinajstić information content (AvgIpc) is 3.11. The fraction of sp³-hybridized carbons (Fsp3) is 0.438. The fourth-order valence-corrected chi connectivity index (χ4v) is 2.69. The van der Waals surface area contributed by atoms with Crippen molar-refractivity contribution >= 4 is 5.91 Å². The smallest absolute Gasteiger partial charge is 0.387 e. The molecule has 1 fully saturated rings. The molecule has 3 rings (SSSR count). The third-order valence-corrected chi connectivity index (χ3v) is 4.03. The SMILES string of the molecule is O=C(NCc1ccc(OC(F)F)cc1)c1cn(C2CCNCC2)nn1. The third kappa shape index (κ3) is 4.72. The molecule has 25 heavy (non-hydrogen) atoms. The number of hydrogen-bond acceptors (Lipinski definition) is 5. The van der Waals surface area contributed by atoms with E-state index in [2.05, 4.69) is 25.7 Å². The van der Waals surface area contributed by atoms with Crippen molar-refractivity contribution < 1.29 is 18.3 Å². The maximum absolute atomic E-state index is 12.2. The lowest BCUT2D eigenvalue weighted by Gasteiger charge is -2.22. The van der Waals surface area contributed by atoms with Crippen LogP contribution >= 0.6 is 0 Å². The molecule has 2 heterocycles. The molecule has 1 aliphatic rings. The maximum atomic E-state index is 12.2. The van der Waals surface area contributed by atoms with E-state index in [4.69, 9.17) is 0 Å². The number of nitrogens with one attached hydrogen (secondary N) is 2. The quantitative estimate of drug-likeness (QED) is 0.828. The number of benzene rings is 1. The molecule has 0 radical (unpaired) electrons. The van der Waals surface area contributed by atoms with Gasteiger partial charge in [-0.05, 0) is 43.6 Å². The molecule has 0 spiro atoms. The molecule has 0 bridgehead atoms. The predicted molar refractivity (Wildman–Crippen MR) is 85.4 cm³/mol. The van der Waals surface area contributed by atoms with Crippen molar-refractivity contribution in [1.29, 1.82) is 0 Å². The second-order valence-corrected chi connectivity index (χ2v) is 5.77. The average molecular weight is 351 g/mol. The number of aromatic nitrogens is 3. The Morgan fingerprint density at radius 3 is 2.72 bits per heavy atom. The number of carbonyl (C=O) groups is 1. The first-order valence-electron chi connectivity index (χ1n) is 8.06. The molecular formula is C16H19F2N5O2. The second kappa shape index (κ2) is 8.02. The number of halogens is 2. The first kappa shape index (κ1) is 17.3. The molecule has 0 saturated carbocycles. The molecule has 1 saturated heterocycles. The van der Waals surface area contributed by atoms with Crippen LogP contribution in [0.15, 0.2) is 30.5 Å². The van der Waals surface area contributed by atoms with Gasteiger partial charge in [0.2, 0.25) is 0 Å². The lowest BCUT2D eigenvalue weighted by molar-refractivity contribution is -0.0498. The lowest BCUT2D eigenvalue weighted by Crippen LogP contribution is -2.29. The van der Waals surface area contributed by atoms with Crippen LogP contribution in [0.2, 0.25) is 0 Å². The highest BCUT2D eigenvalue weighted by Crippen LogP contribution is 2.17. The molecule has 0 aliphatic carbocycles. The Balaban J connectivity index is 1.53. The molecule has 1 aliphatic heterocycles. The van der Waals surface area contributed by atoms with Gasteiger partial charge in [-0.3, -0.25) is 4.79 Å². The second-order valence-electron chi connectivity index (χ2n) is 5.77. The molecular weight excluding hydrogens is 332 g/mol. The summed E-state index contributed by atoms with van der Waals surface area (Å²) in [6.07, 6.45) is 3.57. The van der Waals surface area contributed by atoms with Crippen LogP contribution in [-0.4, -0.2) is 40.6 Å². The highest BCUT2D eigenvalue weighted by molar-refractivity contribution is 5.91. The summed E-state index contributed by atoms with van der Waals surface area (Å²) in [7, 11) is 0. The summed E-state index contributed by atoms with van der Waals surface area (Å²) in [5.41, 5.74) is 1.02. The molecule has 0 unspecified atom stereocenters. The van der Waals surface area contributed by atoms with Crippen LogP contribution in [0.5, 0.6) is 5.75 Å². The van der Waals surface area contributed by atoms with Gasteiger partial charge in [0.15, 0.2) is 5.69 Å². The van der Waals surface area contributed by atoms with Gasteiger partial charge >= 0.3 is 6.61 Å². The standard InChI is InChI=1S/C16H19F2N5O2/c17-16(18)25-13-3-1-11(2-4-13)9-20-15(24)14-10-23(22-21-14)12-5-7-19-8-6-12/h1-4,10,12,16,19H,5-9H2,(H,20,24). The van der Waals surface area contributed by atoms with E-state index in [1.807, 2.05) is 0 Å². The number of carbonyl (C=O) groups excluding carboxylic acids is 1. The number of alkyl halides is 2. The van der Waals surface area contributed by atoms with Crippen LogP contribution in [0.3, 0.4) is 0 Å². The summed E-state index contributed by atoms with van der Waals surface area (Å²) in [5.74, 6) is -0.247. The Morgan fingerprint density at radius 2 is 2.04 bits per heavy atom. The zero-order valence-electron chi connectivity index (χ0n) is 13.5. The molecule has 2 N–H and O–H groups in total. The van der Waals surface area contributed by atoms with E-state index in [1.54, 1.807) is 23.0 Å². The summed E-state index contributed by atoms with van der Waals surface area (Å²) in [6.45, 7) is -0.740.